The lowest BCUT2D eigenvalue weighted by molar-refractivity contribution is 0.0719. The van der Waals surface area contributed by atoms with E-state index in [1.807, 2.05) is 33.8 Å². The lowest BCUT2D eigenvalue weighted by Crippen LogP contribution is -2.35. The average Bonchev–Trinajstić information content (AvgIpc) is 3.16. The first kappa shape index (κ1) is 24.4. The fraction of sp³-hybridized carbons (Fsp3) is 0.407. The molecule has 0 N–H and O–H groups in total. The number of fused-ring (bicyclic) bond motifs is 1. The van der Waals surface area contributed by atoms with E-state index in [9.17, 15) is 9.18 Å². The summed E-state index contributed by atoms with van der Waals surface area (Å²) >= 11 is 6.28. The minimum Gasteiger partial charge on any atom is -0.332 e. The Labute approximate surface area is 206 Å². The van der Waals surface area contributed by atoms with Gasteiger partial charge in [0, 0.05) is 42.2 Å². The van der Waals surface area contributed by atoms with E-state index in [1.165, 1.54) is 23.4 Å². The van der Waals surface area contributed by atoms with Crippen molar-refractivity contribution in [2.24, 2.45) is 5.92 Å². The Hall–Kier alpha value is -2.70. The zero-order chi connectivity index (χ0) is 24.2. The molecular formula is C27H32ClFN4O. The summed E-state index contributed by atoms with van der Waals surface area (Å²) in [6.07, 6.45) is 1.99. The molecule has 2 aromatic carbocycles. The minimum atomic E-state index is -0.350. The number of benzene rings is 2. The van der Waals surface area contributed by atoms with Gasteiger partial charge in [-0.15, -0.1) is 0 Å². The Balaban J connectivity index is 1.72. The number of aromatic nitrogens is 2. The maximum absolute atomic E-state index is 13.4. The van der Waals surface area contributed by atoms with Crippen molar-refractivity contribution >= 4 is 17.5 Å². The van der Waals surface area contributed by atoms with Gasteiger partial charge in [-0.3, -0.25) is 9.69 Å². The molecule has 5 nitrogen and oxygen atoms in total. The highest BCUT2D eigenvalue weighted by Crippen LogP contribution is 2.28. The molecule has 1 aromatic heterocycles. The van der Waals surface area contributed by atoms with Gasteiger partial charge in [-0.25, -0.2) is 9.07 Å². The number of nitrogens with zero attached hydrogens (tertiary/aromatic N) is 4. The van der Waals surface area contributed by atoms with Crippen LogP contribution in [0.4, 0.5) is 4.39 Å². The molecule has 0 radical (unpaired) electrons. The molecule has 2 heterocycles. The molecule has 4 rings (SSSR count). The second-order valence-corrected chi connectivity index (χ2v) is 9.81. The van der Waals surface area contributed by atoms with Gasteiger partial charge in [0.25, 0.3) is 5.91 Å². The summed E-state index contributed by atoms with van der Waals surface area (Å²) in [7, 11) is 0. The second-order valence-electron chi connectivity index (χ2n) is 9.38. The van der Waals surface area contributed by atoms with Gasteiger partial charge < -0.3 is 4.90 Å². The zero-order valence-corrected chi connectivity index (χ0v) is 20.9. The van der Waals surface area contributed by atoms with Crippen LogP contribution < -0.4 is 0 Å². The number of amides is 1. The number of rotatable bonds is 8. The molecule has 0 saturated heterocycles. The molecule has 0 saturated carbocycles. The van der Waals surface area contributed by atoms with Gasteiger partial charge in [-0.1, -0.05) is 38.4 Å². The Morgan fingerprint density at radius 2 is 1.97 bits per heavy atom. The minimum absolute atomic E-state index is 0.110. The van der Waals surface area contributed by atoms with Crippen molar-refractivity contribution < 1.29 is 9.18 Å². The fourth-order valence-electron chi connectivity index (χ4n) is 4.61. The molecule has 0 unspecified atom stereocenters. The molecule has 0 fully saturated rings. The number of hydrogen-bond donors (Lipinski definition) is 0. The molecule has 34 heavy (non-hydrogen) atoms. The Morgan fingerprint density at radius 1 is 1.21 bits per heavy atom. The van der Waals surface area contributed by atoms with Crippen molar-refractivity contribution in [1.82, 2.24) is 19.6 Å². The lowest BCUT2D eigenvalue weighted by atomic mass is 10.0. The third kappa shape index (κ3) is 5.50. The Bertz CT molecular complexity index is 1140. The van der Waals surface area contributed by atoms with Crippen LogP contribution in [-0.2, 0) is 19.5 Å². The van der Waals surface area contributed by atoms with Crippen molar-refractivity contribution in [1.29, 1.82) is 0 Å². The summed E-state index contributed by atoms with van der Waals surface area (Å²) < 4.78 is 15.4. The molecule has 0 spiro atoms. The fourth-order valence-corrected chi connectivity index (χ4v) is 4.80. The van der Waals surface area contributed by atoms with Crippen LogP contribution in [0.2, 0.25) is 5.02 Å². The van der Waals surface area contributed by atoms with Gasteiger partial charge in [0.1, 0.15) is 5.82 Å². The monoisotopic (exact) mass is 482 g/mol. The molecule has 0 aliphatic carbocycles. The van der Waals surface area contributed by atoms with E-state index >= 15 is 0 Å². The predicted octanol–water partition coefficient (Wildman–Crippen LogP) is 5.73. The van der Waals surface area contributed by atoms with Crippen LogP contribution in [0, 0.1) is 11.7 Å². The van der Waals surface area contributed by atoms with Crippen LogP contribution in [-0.4, -0.2) is 45.1 Å². The summed E-state index contributed by atoms with van der Waals surface area (Å²) in [5, 5.41) is 5.68. The van der Waals surface area contributed by atoms with Gasteiger partial charge in [0.15, 0.2) is 0 Å². The largest absolute Gasteiger partial charge is 0.332 e. The number of carbonyl (C=O) groups is 1. The molecule has 180 valence electrons. The van der Waals surface area contributed by atoms with Gasteiger partial charge >= 0.3 is 0 Å². The van der Waals surface area contributed by atoms with E-state index in [2.05, 4.69) is 25.7 Å². The first-order valence-corrected chi connectivity index (χ1v) is 12.4. The van der Waals surface area contributed by atoms with Crippen LogP contribution in [0.5, 0.6) is 0 Å². The average molecular weight is 483 g/mol. The summed E-state index contributed by atoms with van der Waals surface area (Å²) in [6.45, 7) is 10.2. The normalized spacial score (nSPS) is 13.8. The Morgan fingerprint density at radius 3 is 2.65 bits per heavy atom. The maximum atomic E-state index is 13.4. The molecule has 0 bridgehead atoms. The highest BCUT2D eigenvalue weighted by molar-refractivity contribution is 6.30. The standard InChI is InChI=1S/C27H32ClFN4O/c1-4-13-31-14-12-26-24(17-31)25(30-33(26)23-7-5-6-21(28)15-23)18-32(16-19(2)3)27(34)20-8-10-22(29)11-9-20/h5-11,15,19H,4,12-14,16-18H2,1-3H3. The van der Waals surface area contributed by atoms with E-state index in [0.717, 1.165) is 43.9 Å². The van der Waals surface area contributed by atoms with E-state index in [-0.39, 0.29) is 17.6 Å². The zero-order valence-electron chi connectivity index (χ0n) is 20.1. The number of halogens is 2. The second kappa shape index (κ2) is 10.7. The summed E-state index contributed by atoms with van der Waals surface area (Å²) in [4.78, 5) is 17.7. The first-order valence-electron chi connectivity index (χ1n) is 12.0. The van der Waals surface area contributed by atoms with Crippen LogP contribution in [0.1, 0.15) is 54.5 Å². The van der Waals surface area contributed by atoms with Crippen LogP contribution >= 0.6 is 11.6 Å². The molecule has 0 atom stereocenters. The third-order valence-electron chi connectivity index (χ3n) is 6.12. The lowest BCUT2D eigenvalue weighted by Gasteiger charge is -2.28. The topological polar surface area (TPSA) is 41.4 Å². The highest BCUT2D eigenvalue weighted by Gasteiger charge is 2.28. The highest BCUT2D eigenvalue weighted by atomic mass is 35.5. The van der Waals surface area contributed by atoms with Crippen molar-refractivity contribution in [3.63, 3.8) is 0 Å². The van der Waals surface area contributed by atoms with E-state index < -0.39 is 0 Å². The van der Waals surface area contributed by atoms with Gasteiger partial charge in [-0.2, -0.15) is 5.10 Å². The molecule has 3 aromatic rings. The van der Waals surface area contributed by atoms with E-state index in [1.54, 1.807) is 12.1 Å². The molecule has 7 heteroatoms. The Kier molecular flexibility index (Phi) is 7.69. The van der Waals surface area contributed by atoms with Gasteiger partial charge in [0.2, 0.25) is 0 Å². The van der Waals surface area contributed by atoms with E-state index in [4.69, 9.17) is 16.7 Å². The van der Waals surface area contributed by atoms with Gasteiger partial charge in [-0.05, 0) is 61.3 Å². The van der Waals surface area contributed by atoms with Crippen molar-refractivity contribution in [2.75, 3.05) is 19.6 Å². The SMILES string of the molecule is CCCN1CCc2c(c(CN(CC(C)C)C(=O)c3ccc(F)cc3)nn2-c2cccc(Cl)c2)C1. The number of carbonyl (C=O) groups excluding carboxylic acids is 1. The summed E-state index contributed by atoms with van der Waals surface area (Å²) in [5.41, 5.74) is 4.70. The summed E-state index contributed by atoms with van der Waals surface area (Å²) in [5.74, 6) is -0.176. The van der Waals surface area contributed by atoms with Crippen LogP contribution in [0.25, 0.3) is 5.69 Å². The molecule has 1 aliphatic heterocycles. The molecule has 1 aliphatic rings. The number of hydrogen-bond acceptors (Lipinski definition) is 3. The predicted molar refractivity (Wildman–Crippen MR) is 134 cm³/mol. The van der Waals surface area contributed by atoms with Crippen molar-refractivity contribution in [2.45, 2.75) is 46.7 Å². The maximum Gasteiger partial charge on any atom is 0.254 e. The van der Waals surface area contributed by atoms with Crippen molar-refractivity contribution in [3.8, 4) is 5.69 Å². The smallest absolute Gasteiger partial charge is 0.254 e. The molecular weight excluding hydrogens is 451 g/mol. The van der Waals surface area contributed by atoms with Crippen molar-refractivity contribution in [3.05, 3.63) is 81.9 Å². The quantitative estimate of drug-likeness (QED) is 0.411. The summed E-state index contributed by atoms with van der Waals surface area (Å²) in [6, 6.07) is 13.5. The molecule has 1 amide bonds. The van der Waals surface area contributed by atoms with Crippen LogP contribution in [0.15, 0.2) is 48.5 Å². The van der Waals surface area contributed by atoms with E-state index in [0.29, 0.717) is 23.7 Å². The first-order chi connectivity index (χ1) is 16.4. The van der Waals surface area contributed by atoms with Gasteiger partial charge in [0.05, 0.1) is 23.6 Å². The van der Waals surface area contributed by atoms with Crippen LogP contribution in [0.3, 0.4) is 0 Å². The third-order valence-corrected chi connectivity index (χ3v) is 6.35.